The molecule has 1 atom stereocenters. The Kier molecular flexibility index (Phi) is 5.32. The third-order valence-electron chi connectivity index (χ3n) is 3.15. The number of hydrogen-bond acceptors (Lipinski definition) is 3. The van der Waals surface area contributed by atoms with Crippen molar-refractivity contribution in [2.24, 2.45) is 0 Å². The molecule has 1 aromatic carbocycles. The van der Waals surface area contributed by atoms with Gasteiger partial charge in [-0.2, -0.15) is 0 Å². The average molecular weight is 273 g/mol. The molecule has 0 bridgehead atoms. The second kappa shape index (κ2) is 7.45. The van der Waals surface area contributed by atoms with Gasteiger partial charge in [0, 0.05) is 18.3 Å². The first-order chi connectivity index (χ1) is 9.75. The van der Waals surface area contributed by atoms with E-state index in [4.69, 9.17) is 0 Å². The van der Waals surface area contributed by atoms with Gasteiger partial charge in [-0.3, -0.25) is 4.79 Å². The lowest BCUT2D eigenvalue weighted by molar-refractivity contribution is -0.139. The quantitative estimate of drug-likeness (QED) is 0.639. The van der Waals surface area contributed by atoms with Crippen molar-refractivity contribution in [3.8, 4) is 0 Å². The minimum absolute atomic E-state index is 0.417. The maximum Gasteiger partial charge on any atom is 0.321 e. The molecule has 0 aliphatic carbocycles. The minimum Gasteiger partial charge on any atom is -0.480 e. The fourth-order valence-corrected chi connectivity index (χ4v) is 2.08. The number of H-pyrrole nitrogens is 1. The molecule has 3 N–H and O–H groups in total. The third kappa shape index (κ3) is 4.51. The van der Waals surface area contributed by atoms with Crippen LogP contribution in [0, 0.1) is 0 Å². The highest BCUT2D eigenvalue weighted by molar-refractivity contribution is 5.73. The molecule has 1 aromatic heterocycles. The number of aliphatic carboxylic acids is 1. The van der Waals surface area contributed by atoms with Crippen LogP contribution in [0.2, 0.25) is 0 Å². The van der Waals surface area contributed by atoms with Gasteiger partial charge in [0.25, 0.3) is 0 Å². The molecule has 0 radical (unpaired) electrons. The van der Waals surface area contributed by atoms with Crippen LogP contribution in [0.4, 0.5) is 0 Å². The number of carboxylic acid groups (broad SMARTS) is 1. The van der Waals surface area contributed by atoms with Gasteiger partial charge in [-0.1, -0.05) is 30.3 Å². The molecule has 0 spiro atoms. The first kappa shape index (κ1) is 14.3. The Balaban J connectivity index is 1.74. The van der Waals surface area contributed by atoms with Gasteiger partial charge in [0.2, 0.25) is 0 Å². The molecule has 0 amide bonds. The molecule has 2 rings (SSSR count). The van der Waals surface area contributed by atoms with Crippen LogP contribution in [0.1, 0.15) is 17.7 Å². The zero-order valence-corrected chi connectivity index (χ0v) is 11.2. The van der Waals surface area contributed by atoms with Crippen molar-refractivity contribution in [3.63, 3.8) is 0 Å². The summed E-state index contributed by atoms with van der Waals surface area (Å²) in [6.45, 7) is 0.681. The summed E-state index contributed by atoms with van der Waals surface area (Å²) >= 11 is 0. The van der Waals surface area contributed by atoms with E-state index < -0.39 is 12.0 Å². The Morgan fingerprint density at radius 2 is 2.15 bits per heavy atom. The predicted octanol–water partition coefficient (Wildman–Crippen LogP) is 1.63. The molecule has 0 saturated carbocycles. The lowest BCUT2D eigenvalue weighted by Gasteiger charge is -2.13. The molecule has 106 valence electrons. The van der Waals surface area contributed by atoms with Crippen molar-refractivity contribution in [2.75, 3.05) is 6.54 Å². The fourth-order valence-electron chi connectivity index (χ4n) is 2.08. The maximum atomic E-state index is 11.2. The van der Waals surface area contributed by atoms with Crippen LogP contribution in [0.5, 0.6) is 0 Å². The number of benzene rings is 1. The fraction of sp³-hybridized carbons (Fsp3) is 0.333. The number of aromatic amines is 1. The van der Waals surface area contributed by atoms with Gasteiger partial charge in [0.1, 0.15) is 6.04 Å². The zero-order valence-electron chi connectivity index (χ0n) is 11.2. The number of aromatic nitrogens is 2. The molecule has 0 saturated heterocycles. The van der Waals surface area contributed by atoms with E-state index in [1.807, 2.05) is 18.2 Å². The smallest absolute Gasteiger partial charge is 0.321 e. The summed E-state index contributed by atoms with van der Waals surface area (Å²) in [6, 6.07) is 9.61. The van der Waals surface area contributed by atoms with Crippen LogP contribution in [0.15, 0.2) is 42.9 Å². The summed E-state index contributed by atoms with van der Waals surface area (Å²) in [5.74, 6) is -0.834. The van der Waals surface area contributed by atoms with E-state index in [0.29, 0.717) is 13.0 Å². The van der Waals surface area contributed by atoms with Crippen molar-refractivity contribution >= 4 is 5.97 Å². The number of imidazole rings is 1. The number of nitrogens with zero attached hydrogens (tertiary/aromatic N) is 1. The van der Waals surface area contributed by atoms with Crippen molar-refractivity contribution in [1.29, 1.82) is 0 Å². The van der Waals surface area contributed by atoms with Gasteiger partial charge in [0.05, 0.1) is 6.33 Å². The first-order valence-electron chi connectivity index (χ1n) is 6.73. The van der Waals surface area contributed by atoms with E-state index in [-0.39, 0.29) is 0 Å². The molecular weight excluding hydrogens is 254 g/mol. The highest BCUT2D eigenvalue weighted by Gasteiger charge is 2.17. The molecule has 0 unspecified atom stereocenters. The Morgan fingerprint density at radius 1 is 1.35 bits per heavy atom. The van der Waals surface area contributed by atoms with Crippen LogP contribution >= 0.6 is 0 Å². The van der Waals surface area contributed by atoms with E-state index in [1.54, 1.807) is 12.5 Å². The Hall–Kier alpha value is -2.14. The minimum atomic E-state index is -0.834. The summed E-state index contributed by atoms with van der Waals surface area (Å²) in [4.78, 5) is 18.0. The van der Waals surface area contributed by atoms with E-state index in [1.165, 1.54) is 5.56 Å². The van der Waals surface area contributed by atoms with Crippen molar-refractivity contribution < 1.29 is 9.90 Å². The highest BCUT2D eigenvalue weighted by Crippen LogP contribution is 2.03. The molecule has 0 aliphatic rings. The van der Waals surface area contributed by atoms with Gasteiger partial charge in [-0.15, -0.1) is 0 Å². The van der Waals surface area contributed by atoms with Crippen LogP contribution in [-0.4, -0.2) is 33.6 Å². The monoisotopic (exact) mass is 273 g/mol. The molecule has 0 aliphatic heterocycles. The van der Waals surface area contributed by atoms with Crippen LogP contribution in [0.3, 0.4) is 0 Å². The lowest BCUT2D eigenvalue weighted by Crippen LogP contribution is -2.39. The molecule has 5 heteroatoms. The summed E-state index contributed by atoms with van der Waals surface area (Å²) in [5, 5.41) is 12.3. The SMILES string of the molecule is O=C(O)[C@H](Cc1cnc[nH]1)NCCCc1ccccc1. The third-order valence-corrected chi connectivity index (χ3v) is 3.15. The summed E-state index contributed by atoms with van der Waals surface area (Å²) in [6.07, 6.45) is 5.49. The highest BCUT2D eigenvalue weighted by atomic mass is 16.4. The van der Waals surface area contributed by atoms with E-state index in [9.17, 15) is 9.90 Å². The molecule has 1 heterocycles. The normalized spacial score (nSPS) is 12.2. The number of carboxylic acids is 1. The van der Waals surface area contributed by atoms with Gasteiger partial charge < -0.3 is 15.4 Å². The van der Waals surface area contributed by atoms with Crippen molar-refractivity contribution in [3.05, 3.63) is 54.1 Å². The van der Waals surface area contributed by atoms with E-state index >= 15 is 0 Å². The first-order valence-corrected chi connectivity index (χ1v) is 6.73. The van der Waals surface area contributed by atoms with Crippen LogP contribution < -0.4 is 5.32 Å². The summed E-state index contributed by atoms with van der Waals surface area (Å²) in [7, 11) is 0. The number of carbonyl (C=O) groups is 1. The second-order valence-corrected chi connectivity index (χ2v) is 4.72. The topological polar surface area (TPSA) is 78.0 Å². The predicted molar refractivity (Wildman–Crippen MR) is 76.5 cm³/mol. The lowest BCUT2D eigenvalue weighted by atomic mass is 10.1. The Bertz CT molecular complexity index is 511. The van der Waals surface area contributed by atoms with E-state index in [2.05, 4.69) is 27.4 Å². The summed E-state index contributed by atoms with van der Waals surface area (Å²) < 4.78 is 0. The molecular formula is C15H19N3O2. The number of aryl methyl sites for hydroxylation is 1. The largest absolute Gasteiger partial charge is 0.480 e. The summed E-state index contributed by atoms with van der Waals surface area (Å²) in [5.41, 5.74) is 2.10. The standard InChI is InChI=1S/C15H19N3O2/c19-15(20)14(9-13-10-16-11-18-13)17-8-4-7-12-5-2-1-3-6-12/h1-3,5-6,10-11,14,17H,4,7-9H2,(H,16,18)(H,19,20)/t14-/m0/s1. The van der Waals surface area contributed by atoms with Gasteiger partial charge in [-0.05, 0) is 24.9 Å². The molecule has 5 nitrogen and oxygen atoms in total. The van der Waals surface area contributed by atoms with Gasteiger partial charge in [0.15, 0.2) is 0 Å². The number of hydrogen-bond donors (Lipinski definition) is 3. The van der Waals surface area contributed by atoms with Crippen LogP contribution in [0.25, 0.3) is 0 Å². The van der Waals surface area contributed by atoms with E-state index in [0.717, 1.165) is 18.5 Å². The Morgan fingerprint density at radius 3 is 2.80 bits per heavy atom. The maximum absolute atomic E-state index is 11.2. The average Bonchev–Trinajstić information content (AvgIpc) is 2.96. The molecule has 2 aromatic rings. The van der Waals surface area contributed by atoms with Crippen molar-refractivity contribution in [1.82, 2.24) is 15.3 Å². The van der Waals surface area contributed by atoms with Crippen LogP contribution in [-0.2, 0) is 17.6 Å². The second-order valence-electron chi connectivity index (χ2n) is 4.72. The molecule has 0 fully saturated rings. The number of nitrogens with one attached hydrogen (secondary N) is 2. The van der Waals surface area contributed by atoms with Crippen molar-refractivity contribution in [2.45, 2.75) is 25.3 Å². The van der Waals surface area contributed by atoms with Gasteiger partial charge in [-0.25, -0.2) is 4.98 Å². The zero-order chi connectivity index (χ0) is 14.2. The molecule has 20 heavy (non-hydrogen) atoms. The Labute approximate surface area is 118 Å². The van der Waals surface area contributed by atoms with Gasteiger partial charge >= 0.3 is 5.97 Å². The number of rotatable bonds is 8.